The Morgan fingerprint density at radius 2 is 1.81 bits per heavy atom. The van der Waals surface area contributed by atoms with Crippen LogP contribution in [0.1, 0.15) is 46.6 Å². The second kappa shape index (κ2) is 10.2. The largest absolute Gasteiger partial charge is 0.469 e. The first-order chi connectivity index (χ1) is 12.4. The van der Waals surface area contributed by atoms with Gasteiger partial charge in [0.1, 0.15) is 5.60 Å². The Morgan fingerprint density at radius 3 is 2.30 bits per heavy atom. The van der Waals surface area contributed by atoms with E-state index in [1.54, 1.807) is 25.8 Å². The van der Waals surface area contributed by atoms with Gasteiger partial charge in [-0.15, -0.1) is 0 Å². The monoisotopic (exact) mass is 402 g/mol. The molecule has 1 amide bonds. The molecule has 0 aliphatic rings. The van der Waals surface area contributed by atoms with Crippen molar-refractivity contribution in [3.8, 4) is 0 Å². The highest BCUT2D eigenvalue weighted by atomic mass is 31.2. The molecule has 0 aliphatic heterocycles. The molecule has 0 heterocycles. The number of phosphoric acid groups is 1. The third-order valence-electron chi connectivity index (χ3n) is 3.54. The Balaban J connectivity index is 2.78. The van der Waals surface area contributed by atoms with Crippen LogP contribution in [0, 0.1) is 0 Å². The molecule has 154 valence electrons. The summed E-state index contributed by atoms with van der Waals surface area (Å²) in [6.45, 7) is 9.07. The molecule has 1 aromatic rings. The van der Waals surface area contributed by atoms with E-state index in [2.05, 4.69) is 5.43 Å². The minimum atomic E-state index is -4.67. The molecule has 9 heteroatoms. The summed E-state index contributed by atoms with van der Waals surface area (Å²) in [4.78, 5) is 30.5. The number of hydrogen-bond acceptors (Lipinski definition) is 5. The molecule has 0 radical (unpaired) electrons. The van der Waals surface area contributed by atoms with Crippen LogP contribution in [0.25, 0.3) is 0 Å². The third-order valence-corrected chi connectivity index (χ3v) is 4.11. The molecule has 1 rings (SSSR count). The average molecular weight is 402 g/mol. The van der Waals surface area contributed by atoms with E-state index < -0.39 is 25.6 Å². The zero-order chi connectivity index (χ0) is 20.7. The first kappa shape index (κ1) is 23.6. The summed E-state index contributed by atoms with van der Waals surface area (Å²) in [5.41, 5.74) is 3.01. The van der Waals surface area contributed by atoms with Crippen LogP contribution in [0.3, 0.4) is 0 Å². The number of ether oxygens (including phenoxy) is 1. The van der Waals surface area contributed by atoms with Gasteiger partial charge in [0, 0.05) is 12.6 Å². The molecular formula is C18H31N2O6P. The Hall–Kier alpha value is -1.44. The average Bonchev–Trinajstić information content (AvgIpc) is 2.49. The number of carbonyl (C=O) groups excluding carboxylic acids is 1. The molecule has 0 aromatic heterocycles. The standard InChI is InChI=1S/C18H31N2O6P/c1-14(2)20(19-17(21)25-18(3,4)5)13-16(26-27(22,23)24)12-11-15-9-7-6-8-10-15/h6-10,14,16H,11-13H2,1-5H3,(H,19,21)(H2,22,23,24). The van der Waals surface area contributed by atoms with Crippen LogP contribution in [0.5, 0.6) is 0 Å². The van der Waals surface area contributed by atoms with Crippen LogP contribution in [-0.4, -0.2) is 45.2 Å². The van der Waals surface area contributed by atoms with Crippen molar-refractivity contribution in [1.82, 2.24) is 10.4 Å². The van der Waals surface area contributed by atoms with Gasteiger partial charge in [-0.1, -0.05) is 30.3 Å². The first-order valence-corrected chi connectivity index (χ1v) is 10.4. The maximum atomic E-state index is 12.1. The van der Waals surface area contributed by atoms with E-state index in [9.17, 15) is 19.1 Å². The van der Waals surface area contributed by atoms with Crippen LogP contribution in [0.2, 0.25) is 0 Å². The number of hydrogen-bond donors (Lipinski definition) is 3. The summed E-state index contributed by atoms with van der Waals surface area (Å²) in [7, 11) is -4.67. The van der Waals surface area contributed by atoms with Crippen LogP contribution in [0.4, 0.5) is 4.79 Å². The molecule has 1 aromatic carbocycles. The van der Waals surface area contributed by atoms with E-state index >= 15 is 0 Å². The number of rotatable bonds is 9. The van der Waals surface area contributed by atoms with E-state index in [0.29, 0.717) is 12.8 Å². The summed E-state index contributed by atoms with van der Waals surface area (Å²) in [5.74, 6) is 0. The van der Waals surface area contributed by atoms with Gasteiger partial charge in [0.15, 0.2) is 0 Å². The quantitative estimate of drug-likeness (QED) is 0.430. The molecular weight excluding hydrogens is 371 g/mol. The van der Waals surface area contributed by atoms with Crippen molar-refractivity contribution < 1.29 is 28.4 Å². The molecule has 0 bridgehead atoms. The van der Waals surface area contributed by atoms with Crippen molar-refractivity contribution in [1.29, 1.82) is 0 Å². The van der Waals surface area contributed by atoms with E-state index in [1.165, 1.54) is 0 Å². The minimum absolute atomic E-state index is 0.106. The van der Waals surface area contributed by atoms with Crippen LogP contribution >= 0.6 is 7.82 Å². The molecule has 8 nitrogen and oxygen atoms in total. The van der Waals surface area contributed by atoms with Crippen molar-refractivity contribution in [3.63, 3.8) is 0 Å². The number of nitrogens with zero attached hydrogens (tertiary/aromatic N) is 1. The Morgan fingerprint density at radius 1 is 1.22 bits per heavy atom. The van der Waals surface area contributed by atoms with Crippen LogP contribution < -0.4 is 5.43 Å². The lowest BCUT2D eigenvalue weighted by Crippen LogP contribution is -2.51. The second-order valence-electron chi connectivity index (χ2n) is 7.60. The van der Waals surface area contributed by atoms with Crippen LogP contribution in [-0.2, 0) is 20.2 Å². The number of benzene rings is 1. The smallest absolute Gasteiger partial charge is 0.443 e. The van der Waals surface area contributed by atoms with Crippen molar-refractivity contribution in [3.05, 3.63) is 35.9 Å². The fraction of sp³-hybridized carbons (Fsp3) is 0.611. The summed E-state index contributed by atoms with van der Waals surface area (Å²) in [6.07, 6.45) is -0.435. The fourth-order valence-electron chi connectivity index (χ4n) is 2.37. The van der Waals surface area contributed by atoms with Crippen LogP contribution in [0.15, 0.2) is 30.3 Å². The SMILES string of the molecule is CC(C)N(CC(CCc1ccccc1)OP(=O)(O)O)NC(=O)OC(C)(C)C. The molecule has 27 heavy (non-hydrogen) atoms. The van der Waals surface area contributed by atoms with Crippen molar-refractivity contribution >= 4 is 13.9 Å². The predicted octanol–water partition coefficient (Wildman–Crippen LogP) is 3.25. The molecule has 0 fully saturated rings. The molecule has 1 atom stereocenters. The lowest BCUT2D eigenvalue weighted by Gasteiger charge is -2.31. The molecule has 3 N–H and O–H groups in total. The van der Waals surface area contributed by atoms with Crippen molar-refractivity contribution in [2.75, 3.05) is 6.54 Å². The lowest BCUT2D eigenvalue weighted by atomic mass is 10.1. The van der Waals surface area contributed by atoms with Gasteiger partial charge in [0.2, 0.25) is 0 Å². The zero-order valence-corrected chi connectivity index (χ0v) is 17.5. The molecule has 0 saturated heterocycles. The second-order valence-corrected chi connectivity index (χ2v) is 8.79. The normalized spacial score (nSPS) is 13.7. The van der Waals surface area contributed by atoms with Gasteiger partial charge in [-0.25, -0.2) is 14.4 Å². The summed E-state index contributed by atoms with van der Waals surface area (Å²) in [6, 6.07) is 9.45. The van der Waals surface area contributed by atoms with Gasteiger partial charge in [0.25, 0.3) is 0 Å². The number of nitrogens with one attached hydrogen (secondary N) is 1. The van der Waals surface area contributed by atoms with Crippen molar-refractivity contribution in [2.24, 2.45) is 0 Å². The highest BCUT2D eigenvalue weighted by Gasteiger charge is 2.27. The maximum absolute atomic E-state index is 12.1. The van der Waals surface area contributed by atoms with Gasteiger partial charge >= 0.3 is 13.9 Å². The van der Waals surface area contributed by atoms with Gasteiger partial charge < -0.3 is 14.5 Å². The Bertz CT molecular complexity index is 626. The fourth-order valence-corrected chi connectivity index (χ4v) is 2.93. The number of amides is 1. The van der Waals surface area contributed by atoms with E-state index in [4.69, 9.17) is 9.26 Å². The molecule has 0 saturated carbocycles. The van der Waals surface area contributed by atoms with E-state index in [1.807, 2.05) is 44.2 Å². The summed E-state index contributed by atoms with van der Waals surface area (Å²) < 4.78 is 21.6. The summed E-state index contributed by atoms with van der Waals surface area (Å²) >= 11 is 0. The van der Waals surface area contributed by atoms with Crippen molar-refractivity contribution in [2.45, 2.75) is 65.2 Å². The van der Waals surface area contributed by atoms with E-state index in [-0.39, 0.29) is 12.6 Å². The third kappa shape index (κ3) is 11.1. The topological polar surface area (TPSA) is 108 Å². The first-order valence-electron chi connectivity index (χ1n) is 8.90. The van der Waals surface area contributed by atoms with Gasteiger partial charge in [-0.05, 0) is 53.0 Å². The predicted molar refractivity (Wildman–Crippen MR) is 103 cm³/mol. The Labute approximate surface area is 161 Å². The molecule has 0 spiro atoms. The highest BCUT2D eigenvalue weighted by Crippen LogP contribution is 2.38. The number of hydrazine groups is 1. The number of phosphoric ester groups is 1. The van der Waals surface area contributed by atoms with E-state index in [0.717, 1.165) is 5.56 Å². The molecule has 1 unspecified atom stereocenters. The number of carbonyl (C=O) groups is 1. The maximum Gasteiger partial charge on any atom is 0.469 e. The highest BCUT2D eigenvalue weighted by molar-refractivity contribution is 7.46. The Kier molecular flexibility index (Phi) is 8.91. The zero-order valence-electron chi connectivity index (χ0n) is 16.6. The van der Waals surface area contributed by atoms with Gasteiger partial charge in [0.05, 0.1) is 6.10 Å². The lowest BCUT2D eigenvalue weighted by molar-refractivity contribution is 0.0127. The minimum Gasteiger partial charge on any atom is -0.443 e. The summed E-state index contributed by atoms with van der Waals surface area (Å²) in [5, 5.41) is 1.55. The van der Waals surface area contributed by atoms with Gasteiger partial charge in [-0.3, -0.25) is 9.95 Å². The van der Waals surface area contributed by atoms with Gasteiger partial charge in [-0.2, -0.15) is 0 Å². The number of aryl methyl sites for hydroxylation is 1. The molecule has 0 aliphatic carbocycles.